The summed E-state index contributed by atoms with van der Waals surface area (Å²) in [6.45, 7) is 15.1. The Morgan fingerprint density at radius 3 is 2.12 bits per heavy atom. The van der Waals surface area contributed by atoms with Crippen LogP contribution in [0.15, 0.2) is 12.1 Å². The molecule has 1 rings (SSSR count). The fraction of sp³-hybridized carbons (Fsp3) is 0.619. The van der Waals surface area contributed by atoms with Crippen molar-refractivity contribution >= 4 is 17.6 Å². The van der Waals surface area contributed by atoms with E-state index >= 15 is 0 Å². The van der Waals surface area contributed by atoms with Gasteiger partial charge in [-0.25, -0.2) is 4.79 Å². The fourth-order valence-corrected chi connectivity index (χ4v) is 3.87. The first-order valence-corrected chi connectivity index (χ1v) is 9.66. The summed E-state index contributed by atoms with van der Waals surface area (Å²) in [5.74, 6) is -0.448. The molecule has 0 aromatic heterocycles. The van der Waals surface area contributed by atoms with Crippen molar-refractivity contribution in [2.24, 2.45) is 0 Å². The molecule has 0 aliphatic rings. The van der Waals surface area contributed by atoms with Gasteiger partial charge in [-0.3, -0.25) is 4.79 Å². The van der Waals surface area contributed by atoms with Crippen LogP contribution in [0.2, 0.25) is 0 Å². The van der Waals surface area contributed by atoms with Gasteiger partial charge in [-0.1, -0.05) is 13.0 Å². The summed E-state index contributed by atoms with van der Waals surface area (Å²) >= 11 is 0. The van der Waals surface area contributed by atoms with Crippen LogP contribution in [-0.2, 0) is 9.53 Å². The zero-order valence-electron chi connectivity index (χ0n) is 17.4. The summed E-state index contributed by atoms with van der Waals surface area (Å²) in [6, 6.07) is 3.61. The molecule has 1 amide bonds. The van der Waals surface area contributed by atoms with Gasteiger partial charge in [-0.05, 0) is 58.2 Å². The predicted molar refractivity (Wildman–Crippen MR) is 106 cm³/mol. The molecule has 0 aliphatic carbocycles. The summed E-state index contributed by atoms with van der Waals surface area (Å²) in [5, 5.41) is 3.06. The van der Waals surface area contributed by atoms with Crippen LogP contribution in [0.3, 0.4) is 0 Å². The van der Waals surface area contributed by atoms with E-state index in [9.17, 15) is 9.59 Å². The molecule has 26 heavy (non-hydrogen) atoms. The zero-order chi connectivity index (χ0) is 19.9. The van der Waals surface area contributed by atoms with Gasteiger partial charge in [0.1, 0.15) is 0 Å². The molecule has 0 aliphatic heterocycles. The molecule has 0 bridgehead atoms. The lowest BCUT2D eigenvalue weighted by atomic mass is 10.0. The molecule has 0 fully saturated rings. The molecule has 5 nitrogen and oxygen atoms in total. The van der Waals surface area contributed by atoms with E-state index in [1.807, 2.05) is 19.9 Å². The Kier molecular flexibility index (Phi) is 8.28. The number of anilines is 1. The normalized spacial score (nSPS) is 12.6. The van der Waals surface area contributed by atoms with Crippen molar-refractivity contribution in [2.45, 2.75) is 60.4 Å². The lowest BCUT2D eigenvalue weighted by Crippen LogP contribution is -2.59. The van der Waals surface area contributed by atoms with Crippen LogP contribution in [0.5, 0.6) is 0 Å². The Morgan fingerprint density at radius 2 is 1.65 bits per heavy atom. The minimum atomic E-state index is -0.429. The van der Waals surface area contributed by atoms with E-state index in [1.54, 1.807) is 6.07 Å². The van der Waals surface area contributed by atoms with Gasteiger partial charge in [-0.15, -0.1) is 0 Å². The van der Waals surface area contributed by atoms with Crippen molar-refractivity contribution in [1.82, 2.24) is 0 Å². The number of benzene rings is 1. The highest BCUT2D eigenvalue weighted by atomic mass is 16.5. The number of rotatable bonds is 9. The quantitative estimate of drug-likeness (QED) is 0.531. The molecule has 146 valence electrons. The summed E-state index contributed by atoms with van der Waals surface area (Å²) in [5.41, 5.74) is 2.81. The molecule has 0 radical (unpaired) electrons. The average Bonchev–Trinajstić information content (AvgIpc) is 2.63. The first-order chi connectivity index (χ1) is 12.3. The molecule has 1 unspecified atom stereocenters. The topological polar surface area (TPSA) is 55.4 Å². The molecule has 0 spiro atoms. The number of carbonyl (C=O) groups excluding carboxylic acids is 2. The summed E-state index contributed by atoms with van der Waals surface area (Å²) in [4.78, 5) is 25.5. The summed E-state index contributed by atoms with van der Waals surface area (Å²) < 4.78 is 5.66. The van der Waals surface area contributed by atoms with Crippen LogP contribution < -0.4 is 5.32 Å². The number of nitrogens with zero attached hydrogens (tertiary/aromatic N) is 1. The standard InChI is InChI=1S/C21H34N2O3/c1-8-12-18(23(9-2,10-3)11-4)20(24)22-19-16(6)13-15(5)14-17(19)21(25)26-7/h13-14,18H,8-12H2,1-7H3/p+1. The smallest absolute Gasteiger partial charge is 0.339 e. The Hall–Kier alpha value is -1.88. The van der Waals surface area contributed by atoms with Crippen LogP contribution in [-0.4, -0.2) is 49.1 Å². The lowest BCUT2D eigenvalue weighted by Gasteiger charge is -2.42. The van der Waals surface area contributed by atoms with E-state index in [0.717, 1.165) is 48.1 Å². The molecule has 0 heterocycles. The monoisotopic (exact) mass is 363 g/mol. The zero-order valence-corrected chi connectivity index (χ0v) is 17.4. The number of ether oxygens (including phenoxy) is 1. The maximum Gasteiger partial charge on any atom is 0.339 e. The van der Waals surface area contributed by atoms with Crippen LogP contribution in [0, 0.1) is 13.8 Å². The third kappa shape index (κ3) is 4.64. The SMILES string of the molecule is CCCC(C(=O)Nc1c(C)cc(C)cc1C(=O)OC)[N+](CC)(CC)CC. The number of methoxy groups -OCH3 is 1. The van der Waals surface area contributed by atoms with E-state index in [4.69, 9.17) is 4.74 Å². The number of hydrogen-bond acceptors (Lipinski definition) is 3. The minimum Gasteiger partial charge on any atom is -0.465 e. The molecule has 1 N–H and O–H groups in total. The minimum absolute atomic E-state index is 0.0190. The van der Waals surface area contributed by atoms with E-state index in [-0.39, 0.29) is 11.9 Å². The molecule has 1 aromatic carbocycles. The van der Waals surface area contributed by atoms with Gasteiger partial charge in [0.15, 0.2) is 6.04 Å². The number of quaternary nitrogens is 1. The Balaban J connectivity index is 3.31. The molecular formula is C21H35N2O3+. The average molecular weight is 364 g/mol. The van der Waals surface area contributed by atoms with Gasteiger partial charge < -0.3 is 14.5 Å². The highest BCUT2D eigenvalue weighted by Crippen LogP contribution is 2.26. The van der Waals surface area contributed by atoms with Crippen molar-refractivity contribution in [3.05, 3.63) is 28.8 Å². The van der Waals surface area contributed by atoms with Crippen LogP contribution in [0.1, 0.15) is 62.0 Å². The number of hydrogen-bond donors (Lipinski definition) is 1. The maximum atomic E-state index is 13.2. The number of carbonyl (C=O) groups is 2. The van der Waals surface area contributed by atoms with Gasteiger partial charge in [0, 0.05) is 6.42 Å². The van der Waals surface area contributed by atoms with E-state index in [0.29, 0.717) is 11.3 Å². The summed E-state index contributed by atoms with van der Waals surface area (Å²) in [6.07, 6.45) is 1.76. The predicted octanol–water partition coefficient (Wildman–Crippen LogP) is 4.07. The van der Waals surface area contributed by atoms with Crippen LogP contribution >= 0.6 is 0 Å². The highest BCUT2D eigenvalue weighted by molar-refractivity contribution is 6.03. The maximum absolute atomic E-state index is 13.2. The lowest BCUT2D eigenvalue weighted by molar-refractivity contribution is -0.938. The molecule has 1 atom stereocenters. The Labute approximate surface area is 158 Å². The molecule has 5 heteroatoms. The second-order valence-electron chi connectivity index (χ2n) is 6.96. The number of aryl methyl sites for hydroxylation is 2. The van der Waals surface area contributed by atoms with Crippen molar-refractivity contribution in [3.8, 4) is 0 Å². The Bertz CT molecular complexity index is 628. The van der Waals surface area contributed by atoms with Crippen molar-refractivity contribution < 1.29 is 18.8 Å². The molecule has 1 aromatic rings. The first kappa shape index (κ1) is 22.2. The van der Waals surface area contributed by atoms with Gasteiger partial charge in [-0.2, -0.15) is 0 Å². The van der Waals surface area contributed by atoms with Crippen molar-refractivity contribution in [2.75, 3.05) is 32.1 Å². The number of nitrogens with one attached hydrogen (secondary N) is 1. The van der Waals surface area contributed by atoms with Gasteiger partial charge in [0.05, 0.1) is 38.0 Å². The third-order valence-corrected chi connectivity index (χ3v) is 5.55. The first-order valence-electron chi connectivity index (χ1n) is 9.66. The van der Waals surface area contributed by atoms with Gasteiger partial charge in [0.2, 0.25) is 0 Å². The highest BCUT2D eigenvalue weighted by Gasteiger charge is 2.38. The van der Waals surface area contributed by atoms with E-state index in [2.05, 4.69) is 33.0 Å². The van der Waals surface area contributed by atoms with E-state index < -0.39 is 5.97 Å². The van der Waals surface area contributed by atoms with Crippen LogP contribution in [0.4, 0.5) is 5.69 Å². The molecule has 0 saturated carbocycles. The van der Waals surface area contributed by atoms with Crippen molar-refractivity contribution in [3.63, 3.8) is 0 Å². The van der Waals surface area contributed by atoms with Crippen molar-refractivity contribution in [1.29, 1.82) is 0 Å². The van der Waals surface area contributed by atoms with E-state index in [1.165, 1.54) is 7.11 Å². The number of amides is 1. The number of likely N-dealkylation sites (N-methyl/N-ethyl adjacent to an activating group) is 1. The Morgan fingerprint density at radius 1 is 1.08 bits per heavy atom. The molecular weight excluding hydrogens is 328 g/mol. The second kappa shape index (κ2) is 9.72. The van der Waals surface area contributed by atoms with Gasteiger partial charge in [0.25, 0.3) is 5.91 Å². The third-order valence-electron chi connectivity index (χ3n) is 5.55. The molecule has 0 saturated heterocycles. The largest absolute Gasteiger partial charge is 0.465 e. The van der Waals surface area contributed by atoms with Gasteiger partial charge >= 0.3 is 5.97 Å². The number of esters is 1. The summed E-state index contributed by atoms with van der Waals surface area (Å²) in [7, 11) is 1.36. The fourth-order valence-electron chi connectivity index (χ4n) is 3.87. The van der Waals surface area contributed by atoms with Crippen LogP contribution in [0.25, 0.3) is 0 Å². The second-order valence-corrected chi connectivity index (χ2v) is 6.96.